The fraction of sp³-hybridized carbons (Fsp3) is 0.800. The molecular formula is C20H32N2O3. The van der Waals surface area contributed by atoms with Gasteiger partial charge in [0.05, 0.1) is 12.3 Å². The Morgan fingerprint density at radius 1 is 1.28 bits per heavy atom. The summed E-state index contributed by atoms with van der Waals surface area (Å²) in [6, 6.07) is 0.220. The number of oxazole rings is 1. The van der Waals surface area contributed by atoms with Crippen molar-refractivity contribution >= 4 is 5.91 Å². The number of amides is 1. The van der Waals surface area contributed by atoms with Gasteiger partial charge in [-0.05, 0) is 25.7 Å². The maximum absolute atomic E-state index is 12.8. The third-order valence-corrected chi connectivity index (χ3v) is 5.74. The van der Waals surface area contributed by atoms with Gasteiger partial charge in [-0.2, -0.15) is 0 Å². The van der Waals surface area contributed by atoms with Crippen LogP contribution in [0, 0.1) is 5.92 Å². The van der Waals surface area contributed by atoms with Crippen LogP contribution in [0.25, 0.3) is 0 Å². The minimum absolute atomic E-state index is 0.0631. The minimum Gasteiger partial charge on any atom is -0.445 e. The summed E-state index contributed by atoms with van der Waals surface area (Å²) in [6.07, 6.45) is 8.80. The second-order valence-corrected chi connectivity index (χ2v) is 8.68. The van der Waals surface area contributed by atoms with Crippen LogP contribution < -0.4 is 0 Å². The van der Waals surface area contributed by atoms with E-state index in [1.54, 1.807) is 6.20 Å². The third-order valence-electron chi connectivity index (χ3n) is 5.74. The molecule has 1 saturated heterocycles. The second kappa shape index (κ2) is 7.48. The molecule has 0 radical (unpaired) electrons. The first-order valence-electron chi connectivity index (χ1n) is 9.79. The molecule has 1 aromatic heterocycles. The summed E-state index contributed by atoms with van der Waals surface area (Å²) < 4.78 is 5.80. The van der Waals surface area contributed by atoms with Gasteiger partial charge in [-0.3, -0.25) is 4.79 Å². The highest BCUT2D eigenvalue weighted by molar-refractivity contribution is 5.77. The van der Waals surface area contributed by atoms with E-state index in [2.05, 4.69) is 25.8 Å². The summed E-state index contributed by atoms with van der Waals surface area (Å²) in [5.41, 5.74) is -0.0631. The molecule has 1 aliphatic heterocycles. The molecule has 5 nitrogen and oxygen atoms in total. The molecular weight excluding hydrogens is 316 g/mol. The first kappa shape index (κ1) is 18.4. The van der Waals surface area contributed by atoms with Crippen molar-refractivity contribution in [2.24, 2.45) is 5.92 Å². The van der Waals surface area contributed by atoms with E-state index in [-0.39, 0.29) is 29.4 Å². The number of hydrogen-bond donors (Lipinski definition) is 1. The molecule has 0 spiro atoms. The topological polar surface area (TPSA) is 66.6 Å². The van der Waals surface area contributed by atoms with Crippen LogP contribution in [0.1, 0.15) is 77.4 Å². The molecule has 140 valence electrons. The lowest BCUT2D eigenvalue weighted by atomic mass is 9.80. The Kier molecular flexibility index (Phi) is 5.52. The van der Waals surface area contributed by atoms with Gasteiger partial charge in [0.2, 0.25) is 5.91 Å². The number of aliphatic hydroxyl groups excluding tert-OH is 1. The molecule has 2 aliphatic rings. The van der Waals surface area contributed by atoms with Gasteiger partial charge in [-0.15, -0.1) is 0 Å². The van der Waals surface area contributed by atoms with Crippen LogP contribution in [0.15, 0.2) is 10.6 Å². The highest BCUT2D eigenvalue weighted by Gasteiger charge is 2.38. The third kappa shape index (κ3) is 4.25. The Balaban J connectivity index is 1.57. The molecule has 1 amide bonds. The highest BCUT2D eigenvalue weighted by atomic mass is 16.4. The summed E-state index contributed by atoms with van der Waals surface area (Å²) in [7, 11) is 0. The van der Waals surface area contributed by atoms with Crippen LogP contribution in [0.4, 0.5) is 0 Å². The van der Waals surface area contributed by atoms with Gasteiger partial charge in [0, 0.05) is 36.8 Å². The highest BCUT2D eigenvalue weighted by Crippen LogP contribution is 2.35. The Morgan fingerprint density at radius 2 is 2.04 bits per heavy atom. The van der Waals surface area contributed by atoms with E-state index in [4.69, 9.17) is 4.42 Å². The quantitative estimate of drug-likeness (QED) is 0.905. The van der Waals surface area contributed by atoms with E-state index in [1.165, 1.54) is 6.42 Å². The number of likely N-dealkylation sites (tertiary alicyclic amines) is 1. The van der Waals surface area contributed by atoms with Gasteiger partial charge in [0.15, 0.2) is 5.89 Å². The Hall–Kier alpha value is -1.36. The fourth-order valence-corrected chi connectivity index (χ4v) is 4.27. The number of hydrogen-bond acceptors (Lipinski definition) is 4. The first-order chi connectivity index (χ1) is 11.9. The molecule has 0 aromatic carbocycles. The monoisotopic (exact) mass is 348 g/mol. The molecule has 3 rings (SSSR count). The van der Waals surface area contributed by atoms with Crippen molar-refractivity contribution in [1.82, 2.24) is 9.88 Å². The van der Waals surface area contributed by atoms with E-state index in [1.807, 2.05) is 4.90 Å². The van der Waals surface area contributed by atoms with Gasteiger partial charge in [-0.25, -0.2) is 4.98 Å². The summed E-state index contributed by atoms with van der Waals surface area (Å²) in [4.78, 5) is 19.1. The van der Waals surface area contributed by atoms with Crippen molar-refractivity contribution in [2.75, 3.05) is 6.54 Å². The van der Waals surface area contributed by atoms with Gasteiger partial charge in [-0.1, -0.05) is 33.6 Å². The number of aromatic nitrogens is 1. The smallest absolute Gasteiger partial charge is 0.223 e. The molecule has 25 heavy (non-hydrogen) atoms. The van der Waals surface area contributed by atoms with Gasteiger partial charge in [0.25, 0.3) is 0 Å². The zero-order chi connectivity index (χ0) is 18.0. The molecule has 1 aromatic rings. The second-order valence-electron chi connectivity index (χ2n) is 8.68. The van der Waals surface area contributed by atoms with Crippen molar-refractivity contribution in [3.05, 3.63) is 17.8 Å². The number of aryl methyl sites for hydroxylation is 1. The summed E-state index contributed by atoms with van der Waals surface area (Å²) in [6.45, 7) is 7.10. The van der Waals surface area contributed by atoms with Crippen LogP contribution >= 0.6 is 0 Å². The van der Waals surface area contributed by atoms with Crippen molar-refractivity contribution in [3.8, 4) is 0 Å². The van der Waals surface area contributed by atoms with Crippen LogP contribution in [0.3, 0.4) is 0 Å². The lowest BCUT2D eigenvalue weighted by Crippen LogP contribution is -2.45. The number of nitrogens with zero attached hydrogens (tertiary/aromatic N) is 2. The molecule has 1 aliphatic carbocycles. The lowest BCUT2D eigenvalue weighted by molar-refractivity contribution is -0.134. The maximum Gasteiger partial charge on any atom is 0.223 e. The normalized spacial score (nSPS) is 27.7. The van der Waals surface area contributed by atoms with Crippen LogP contribution in [0.2, 0.25) is 0 Å². The van der Waals surface area contributed by atoms with E-state index in [0.717, 1.165) is 44.4 Å². The number of aliphatic hydroxyl groups is 1. The van der Waals surface area contributed by atoms with Crippen LogP contribution in [0.5, 0.6) is 0 Å². The van der Waals surface area contributed by atoms with E-state index < -0.39 is 0 Å². The average Bonchev–Trinajstić information content (AvgIpc) is 3.22. The zero-order valence-electron chi connectivity index (χ0n) is 15.8. The van der Waals surface area contributed by atoms with E-state index in [9.17, 15) is 9.90 Å². The lowest BCUT2D eigenvalue weighted by Gasteiger charge is -2.37. The van der Waals surface area contributed by atoms with Gasteiger partial charge in [0.1, 0.15) is 5.76 Å². The number of carbonyl (C=O) groups is 1. The van der Waals surface area contributed by atoms with Gasteiger partial charge < -0.3 is 14.4 Å². The summed E-state index contributed by atoms with van der Waals surface area (Å²) in [5.74, 6) is 1.94. The fourth-order valence-electron chi connectivity index (χ4n) is 4.27. The number of carbonyl (C=O) groups excluding carboxylic acids is 1. The zero-order valence-corrected chi connectivity index (χ0v) is 15.8. The molecule has 5 heteroatoms. The molecule has 2 fully saturated rings. The molecule has 1 N–H and O–H groups in total. The molecule has 0 unspecified atom stereocenters. The summed E-state index contributed by atoms with van der Waals surface area (Å²) >= 11 is 0. The minimum atomic E-state index is -0.242. The SMILES string of the molecule is CC(C)(C)c1cnc(CCC(=O)N2CCC[C@@H]2[C@H]2CCCC[C@@H]2O)o1. The molecule has 1 saturated carbocycles. The standard InChI is InChI=1S/C20H32N2O3/c1-20(2,3)17-13-21-18(25-17)10-11-19(24)22-12-6-8-15(22)14-7-4-5-9-16(14)23/h13-16,23H,4-12H2,1-3H3/t14-,15-,16+/m1/s1. The molecule has 3 atom stereocenters. The molecule has 2 heterocycles. The predicted octanol–water partition coefficient (Wildman–Crippen LogP) is 3.45. The average molecular weight is 348 g/mol. The largest absolute Gasteiger partial charge is 0.445 e. The summed E-state index contributed by atoms with van der Waals surface area (Å²) in [5, 5.41) is 10.4. The van der Waals surface area contributed by atoms with Crippen molar-refractivity contribution in [2.45, 2.75) is 89.7 Å². The van der Waals surface area contributed by atoms with Crippen molar-refractivity contribution < 1.29 is 14.3 Å². The van der Waals surface area contributed by atoms with E-state index in [0.29, 0.717) is 18.7 Å². The Labute approximate surface area is 150 Å². The van der Waals surface area contributed by atoms with E-state index >= 15 is 0 Å². The predicted molar refractivity (Wildman–Crippen MR) is 96.2 cm³/mol. The van der Waals surface area contributed by atoms with Crippen molar-refractivity contribution in [1.29, 1.82) is 0 Å². The van der Waals surface area contributed by atoms with Crippen LogP contribution in [-0.2, 0) is 16.6 Å². The maximum atomic E-state index is 12.8. The van der Waals surface area contributed by atoms with Gasteiger partial charge >= 0.3 is 0 Å². The Bertz CT molecular complexity index is 590. The number of rotatable bonds is 4. The first-order valence-corrected chi connectivity index (χ1v) is 9.79. The molecule has 0 bridgehead atoms. The van der Waals surface area contributed by atoms with Crippen LogP contribution in [-0.4, -0.2) is 39.6 Å². The Morgan fingerprint density at radius 3 is 2.72 bits per heavy atom. The van der Waals surface area contributed by atoms with Crippen molar-refractivity contribution in [3.63, 3.8) is 0 Å².